The first kappa shape index (κ1) is 18.6. The highest BCUT2D eigenvalue weighted by Crippen LogP contribution is 2.22. The van der Waals surface area contributed by atoms with E-state index in [0.717, 1.165) is 22.4 Å². The van der Waals surface area contributed by atoms with Crippen molar-refractivity contribution in [2.75, 3.05) is 5.32 Å². The van der Waals surface area contributed by atoms with Crippen molar-refractivity contribution in [2.24, 2.45) is 0 Å². The minimum atomic E-state index is -0.367. The van der Waals surface area contributed by atoms with Crippen LogP contribution in [-0.2, 0) is 4.79 Å². The zero-order chi connectivity index (χ0) is 19.4. The summed E-state index contributed by atoms with van der Waals surface area (Å²) in [7, 11) is 0. The van der Waals surface area contributed by atoms with Crippen molar-refractivity contribution in [1.29, 1.82) is 0 Å². The average Bonchev–Trinajstić information content (AvgIpc) is 2.70. The van der Waals surface area contributed by atoms with Crippen LogP contribution in [-0.4, -0.2) is 11.7 Å². The lowest BCUT2D eigenvalue weighted by molar-refractivity contribution is -0.117. The second-order valence-electron chi connectivity index (χ2n) is 6.85. The molecule has 0 radical (unpaired) electrons. The van der Waals surface area contributed by atoms with Gasteiger partial charge in [0.05, 0.1) is 5.92 Å². The fraction of sp³-hybridized carbons (Fsp3) is 0.167. The van der Waals surface area contributed by atoms with Crippen LogP contribution in [0.3, 0.4) is 0 Å². The maximum absolute atomic E-state index is 12.7. The monoisotopic (exact) mass is 357 g/mol. The Morgan fingerprint density at radius 2 is 1.52 bits per heavy atom. The van der Waals surface area contributed by atoms with Gasteiger partial charge in [-0.3, -0.25) is 9.59 Å². The van der Waals surface area contributed by atoms with E-state index in [2.05, 4.69) is 5.32 Å². The topological polar surface area (TPSA) is 46.2 Å². The van der Waals surface area contributed by atoms with E-state index in [-0.39, 0.29) is 17.6 Å². The van der Waals surface area contributed by atoms with Gasteiger partial charge in [-0.05, 0) is 49.6 Å². The molecule has 3 aromatic rings. The van der Waals surface area contributed by atoms with Gasteiger partial charge in [-0.25, -0.2) is 0 Å². The second-order valence-corrected chi connectivity index (χ2v) is 6.85. The third-order valence-electron chi connectivity index (χ3n) is 4.73. The molecule has 0 aliphatic carbocycles. The molecule has 3 heteroatoms. The van der Waals surface area contributed by atoms with Crippen molar-refractivity contribution in [3.8, 4) is 0 Å². The Kier molecular flexibility index (Phi) is 5.51. The Balaban J connectivity index is 1.80. The number of rotatable bonds is 5. The summed E-state index contributed by atoms with van der Waals surface area (Å²) in [5, 5.41) is 3.01. The van der Waals surface area contributed by atoms with Gasteiger partial charge in [-0.1, -0.05) is 60.7 Å². The van der Waals surface area contributed by atoms with Crippen molar-refractivity contribution < 1.29 is 9.59 Å². The number of carbonyl (C=O) groups excluding carboxylic acids is 2. The predicted molar refractivity (Wildman–Crippen MR) is 109 cm³/mol. The average molecular weight is 357 g/mol. The molecule has 136 valence electrons. The van der Waals surface area contributed by atoms with Crippen LogP contribution in [0.25, 0.3) is 0 Å². The Morgan fingerprint density at radius 1 is 0.815 bits per heavy atom. The zero-order valence-electron chi connectivity index (χ0n) is 15.8. The molecule has 3 aromatic carbocycles. The molecule has 0 aliphatic rings. The highest BCUT2D eigenvalue weighted by Gasteiger charge is 2.18. The lowest BCUT2D eigenvalue weighted by atomic mass is 9.95. The lowest BCUT2D eigenvalue weighted by Crippen LogP contribution is -2.19. The molecule has 3 nitrogen and oxygen atoms in total. The van der Waals surface area contributed by atoms with E-state index in [4.69, 9.17) is 0 Å². The summed E-state index contributed by atoms with van der Waals surface area (Å²) >= 11 is 0. The van der Waals surface area contributed by atoms with Crippen LogP contribution in [0.4, 0.5) is 5.69 Å². The molecule has 3 rings (SSSR count). The zero-order valence-corrected chi connectivity index (χ0v) is 15.8. The van der Waals surface area contributed by atoms with Crippen LogP contribution in [0.5, 0.6) is 0 Å². The summed E-state index contributed by atoms with van der Waals surface area (Å²) in [5.74, 6) is -0.499. The van der Waals surface area contributed by atoms with E-state index in [9.17, 15) is 9.59 Å². The number of carbonyl (C=O) groups is 2. The highest BCUT2D eigenvalue weighted by molar-refractivity contribution is 6.09. The van der Waals surface area contributed by atoms with E-state index in [0.29, 0.717) is 11.1 Å². The van der Waals surface area contributed by atoms with Gasteiger partial charge >= 0.3 is 0 Å². The van der Waals surface area contributed by atoms with Crippen molar-refractivity contribution in [2.45, 2.75) is 26.7 Å². The quantitative estimate of drug-likeness (QED) is 0.632. The Morgan fingerprint density at radius 3 is 2.26 bits per heavy atom. The number of hydrogen-bond donors (Lipinski definition) is 1. The number of anilines is 1. The van der Waals surface area contributed by atoms with Gasteiger partial charge in [-0.2, -0.15) is 0 Å². The molecule has 0 unspecified atom stereocenters. The summed E-state index contributed by atoms with van der Waals surface area (Å²) < 4.78 is 0. The molecule has 0 aliphatic heterocycles. The van der Waals surface area contributed by atoms with Gasteiger partial charge in [-0.15, -0.1) is 0 Å². The second kappa shape index (κ2) is 8.00. The Hall–Kier alpha value is -3.20. The molecule has 1 amide bonds. The predicted octanol–water partition coefficient (Wildman–Crippen LogP) is 5.28. The number of amides is 1. The summed E-state index contributed by atoms with van der Waals surface area (Å²) in [5.41, 5.74) is 4.99. The number of aryl methyl sites for hydroxylation is 2. The van der Waals surface area contributed by atoms with E-state index in [1.165, 1.54) is 0 Å². The molecule has 0 aromatic heterocycles. The molecule has 0 bridgehead atoms. The minimum absolute atomic E-state index is 0.0420. The summed E-state index contributed by atoms with van der Waals surface area (Å²) in [6, 6.07) is 22.5. The SMILES string of the molecule is Cc1ccc(C)c(NC(=O)[C@H](C)c2cccc(C(=O)c3ccccc3)c2)c1. The summed E-state index contributed by atoms with van der Waals surface area (Å²) in [6.07, 6.45) is 0. The molecule has 1 atom stereocenters. The number of benzene rings is 3. The number of nitrogens with one attached hydrogen (secondary N) is 1. The van der Waals surface area contributed by atoms with Crippen LogP contribution in [0.15, 0.2) is 72.8 Å². The van der Waals surface area contributed by atoms with E-state index < -0.39 is 0 Å². The summed E-state index contributed by atoms with van der Waals surface area (Å²) in [6.45, 7) is 5.82. The largest absolute Gasteiger partial charge is 0.325 e. The third kappa shape index (κ3) is 4.32. The summed E-state index contributed by atoms with van der Waals surface area (Å²) in [4.78, 5) is 25.4. The van der Waals surface area contributed by atoms with Gasteiger partial charge in [0.25, 0.3) is 0 Å². The Bertz CT molecular complexity index is 977. The number of ketones is 1. The smallest absolute Gasteiger partial charge is 0.231 e. The molecule has 0 saturated carbocycles. The molecule has 0 fully saturated rings. The van der Waals surface area contributed by atoms with Crippen molar-refractivity contribution in [1.82, 2.24) is 0 Å². The standard InChI is InChI=1S/C24H23NO2/c1-16-12-13-17(2)22(14-16)25-24(27)18(3)20-10-7-11-21(15-20)23(26)19-8-5-4-6-9-19/h4-15,18H,1-3H3,(H,25,27)/t18-/m1/s1. The van der Waals surface area contributed by atoms with Crippen molar-refractivity contribution in [3.63, 3.8) is 0 Å². The third-order valence-corrected chi connectivity index (χ3v) is 4.73. The van der Waals surface area contributed by atoms with Gasteiger partial charge in [0, 0.05) is 16.8 Å². The van der Waals surface area contributed by atoms with Gasteiger partial charge in [0.1, 0.15) is 0 Å². The molecule has 0 heterocycles. The van der Waals surface area contributed by atoms with Crippen LogP contribution in [0.1, 0.15) is 45.5 Å². The first-order valence-electron chi connectivity index (χ1n) is 9.03. The van der Waals surface area contributed by atoms with Crippen LogP contribution >= 0.6 is 0 Å². The van der Waals surface area contributed by atoms with Crippen molar-refractivity contribution in [3.05, 3.63) is 101 Å². The highest BCUT2D eigenvalue weighted by atomic mass is 16.2. The molecular formula is C24H23NO2. The van der Waals surface area contributed by atoms with E-state index >= 15 is 0 Å². The van der Waals surface area contributed by atoms with Crippen molar-refractivity contribution >= 4 is 17.4 Å². The molecular weight excluding hydrogens is 334 g/mol. The normalized spacial score (nSPS) is 11.7. The van der Waals surface area contributed by atoms with E-state index in [1.807, 2.05) is 75.4 Å². The van der Waals surface area contributed by atoms with E-state index in [1.54, 1.807) is 18.2 Å². The fourth-order valence-corrected chi connectivity index (χ4v) is 2.97. The molecule has 0 saturated heterocycles. The van der Waals surface area contributed by atoms with Crippen LogP contribution in [0.2, 0.25) is 0 Å². The van der Waals surface area contributed by atoms with Crippen LogP contribution in [0, 0.1) is 13.8 Å². The minimum Gasteiger partial charge on any atom is -0.325 e. The Labute approximate surface area is 160 Å². The maximum atomic E-state index is 12.7. The first-order valence-corrected chi connectivity index (χ1v) is 9.03. The van der Waals surface area contributed by atoms with Gasteiger partial charge in [0.15, 0.2) is 5.78 Å². The van der Waals surface area contributed by atoms with Crippen LogP contribution < -0.4 is 5.32 Å². The lowest BCUT2D eigenvalue weighted by Gasteiger charge is -2.15. The first-order chi connectivity index (χ1) is 13.0. The molecule has 27 heavy (non-hydrogen) atoms. The molecule has 0 spiro atoms. The van der Waals surface area contributed by atoms with Gasteiger partial charge in [0.2, 0.25) is 5.91 Å². The fourth-order valence-electron chi connectivity index (χ4n) is 2.97. The van der Waals surface area contributed by atoms with Gasteiger partial charge < -0.3 is 5.32 Å². The number of hydrogen-bond acceptors (Lipinski definition) is 2. The molecule has 1 N–H and O–H groups in total. The maximum Gasteiger partial charge on any atom is 0.231 e.